The van der Waals surface area contributed by atoms with Gasteiger partial charge in [0.1, 0.15) is 0 Å². The van der Waals surface area contributed by atoms with Crippen molar-refractivity contribution in [3.8, 4) is 0 Å². The number of H-pyrrole nitrogens is 1. The molecule has 13 heavy (non-hydrogen) atoms. The number of aromatic nitrogens is 4. The van der Waals surface area contributed by atoms with Gasteiger partial charge in [-0.05, 0) is 0 Å². The van der Waals surface area contributed by atoms with E-state index in [0.29, 0.717) is 0 Å². The minimum Gasteiger partial charge on any atom is -0.480 e. The molecule has 1 atom stereocenters. The number of rotatable bonds is 2. The maximum atomic E-state index is 12.8. The van der Waals surface area contributed by atoms with Crippen LogP contribution in [0.5, 0.6) is 0 Å². The maximum absolute atomic E-state index is 12.8. The number of aromatic amines is 1. The number of tetrazole rings is 1. The van der Waals surface area contributed by atoms with E-state index < -0.39 is 29.6 Å². The summed E-state index contributed by atoms with van der Waals surface area (Å²) in [4.78, 5) is 10.6. The van der Waals surface area contributed by atoms with Gasteiger partial charge in [0.05, 0.1) is 0 Å². The molecule has 0 aliphatic heterocycles. The summed E-state index contributed by atoms with van der Waals surface area (Å²) in [6.07, 6.45) is -0.769. The standard InChI is InChI=1S/C5H4F2N4O2/c6-5(7)1-4(5,3(12)13)2-8-10-11-9-2/h1H2,(H,12,13)(H,8,9,10,11). The molecule has 70 valence electrons. The molecule has 1 aliphatic rings. The molecular formula is C5H4F2N4O2. The monoisotopic (exact) mass is 190 g/mol. The Hall–Kier alpha value is -1.60. The minimum atomic E-state index is -3.28. The molecule has 0 amide bonds. The van der Waals surface area contributed by atoms with Crippen LogP contribution in [0.15, 0.2) is 0 Å². The van der Waals surface area contributed by atoms with Gasteiger partial charge in [0.2, 0.25) is 0 Å². The van der Waals surface area contributed by atoms with Gasteiger partial charge in [0, 0.05) is 6.42 Å². The van der Waals surface area contributed by atoms with Crippen molar-refractivity contribution in [2.24, 2.45) is 0 Å². The molecule has 0 radical (unpaired) electrons. The van der Waals surface area contributed by atoms with Crippen LogP contribution in [0.3, 0.4) is 0 Å². The predicted octanol–water partition coefficient (Wildman–Crippen LogP) is -0.439. The average molecular weight is 190 g/mol. The normalized spacial score (nSPS) is 30.0. The fourth-order valence-electron chi connectivity index (χ4n) is 1.20. The molecule has 2 N–H and O–H groups in total. The zero-order valence-electron chi connectivity index (χ0n) is 6.16. The smallest absolute Gasteiger partial charge is 0.324 e. The van der Waals surface area contributed by atoms with E-state index in [-0.39, 0.29) is 0 Å². The summed E-state index contributed by atoms with van der Waals surface area (Å²) < 4.78 is 25.5. The molecule has 1 aromatic heterocycles. The Bertz CT molecular complexity index is 351. The Morgan fingerprint density at radius 2 is 2.23 bits per heavy atom. The van der Waals surface area contributed by atoms with Gasteiger partial charge < -0.3 is 5.11 Å². The highest BCUT2D eigenvalue weighted by atomic mass is 19.3. The van der Waals surface area contributed by atoms with Crippen molar-refractivity contribution in [1.29, 1.82) is 0 Å². The largest absolute Gasteiger partial charge is 0.480 e. The molecule has 6 nitrogen and oxygen atoms in total. The van der Waals surface area contributed by atoms with Crippen LogP contribution in [0.1, 0.15) is 12.2 Å². The minimum absolute atomic E-state index is 0.468. The van der Waals surface area contributed by atoms with Gasteiger partial charge in [-0.1, -0.05) is 5.21 Å². The zero-order chi connectivity index (χ0) is 9.69. The molecule has 1 fully saturated rings. The number of alkyl halides is 2. The second kappa shape index (κ2) is 2.01. The molecule has 0 bridgehead atoms. The third kappa shape index (κ3) is 0.794. The van der Waals surface area contributed by atoms with Gasteiger partial charge >= 0.3 is 5.97 Å². The predicted molar refractivity (Wildman–Crippen MR) is 33.1 cm³/mol. The number of carboxylic acids is 1. The molecule has 2 rings (SSSR count). The van der Waals surface area contributed by atoms with Crippen molar-refractivity contribution < 1.29 is 18.7 Å². The van der Waals surface area contributed by atoms with Crippen molar-refractivity contribution in [3.05, 3.63) is 5.82 Å². The van der Waals surface area contributed by atoms with Crippen molar-refractivity contribution in [3.63, 3.8) is 0 Å². The molecule has 1 unspecified atom stereocenters. The molecule has 0 aromatic carbocycles. The van der Waals surface area contributed by atoms with Crippen LogP contribution in [0.4, 0.5) is 8.78 Å². The van der Waals surface area contributed by atoms with Crippen LogP contribution in [-0.4, -0.2) is 37.6 Å². The highest BCUT2D eigenvalue weighted by Crippen LogP contribution is 2.60. The number of nitrogens with zero attached hydrogens (tertiary/aromatic N) is 3. The summed E-state index contributed by atoms with van der Waals surface area (Å²) in [5.74, 6) is -5.37. The molecular weight excluding hydrogens is 186 g/mol. The van der Waals surface area contributed by atoms with Gasteiger partial charge in [0.15, 0.2) is 11.2 Å². The first-order valence-corrected chi connectivity index (χ1v) is 3.36. The maximum Gasteiger partial charge on any atom is 0.324 e. The number of carboxylic acid groups (broad SMARTS) is 1. The van der Waals surface area contributed by atoms with E-state index in [1.165, 1.54) is 0 Å². The van der Waals surface area contributed by atoms with Crippen LogP contribution >= 0.6 is 0 Å². The summed E-state index contributed by atoms with van der Waals surface area (Å²) in [5.41, 5.74) is -2.26. The fourth-order valence-corrected chi connectivity index (χ4v) is 1.20. The average Bonchev–Trinajstić information content (AvgIpc) is 2.52. The lowest BCUT2D eigenvalue weighted by atomic mass is 10.1. The molecule has 1 aliphatic carbocycles. The first kappa shape index (κ1) is 8.02. The summed E-state index contributed by atoms with van der Waals surface area (Å²) in [6.45, 7) is 0. The van der Waals surface area contributed by atoms with Gasteiger partial charge in [-0.25, -0.2) is 8.78 Å². The number of nitrogens with one attached hydrogen (secondary N) is 1. The van der Waals surface area contributed by atoms with Gasteiger partial charge in [0.25, 0.3) is 5.92 Å². The summed E-state index contributed by atoms with van der Waals surface area (Å²) >= 11 is 0. The van der Waals surface area contributed by atoms with Crippen molar-refractivity contribution in [1.82, 2.24) is 20.6 Å². The van der Waals surface area contributed by atoms with Gasteiger partial charge in [-0.15, -0.1) is 10.2 Å². The van der Waals surface area contributed by atoms with E-state index in [4.69, 9.17) is 5.11 Å². The number of carbonyl (C=O) groups is 1. The summed E-state index contributed by atoms with van der Waals surface area (Å²) in [5, 5.41) is 20.1. The zero-order valence-corrected chi connectivity index (χ0v) is 6.16. The molecule has 0 saturated heterocycles. The van der Waals surface area contributed by atoms with E-state index in [9.17, 15) is 13.6 Å². The second-order valence-corrected chi connectivity index (χ2v) is 2.83. The lowest BCUT2D eigenvalue weighted by molar-refractivity contribution is -0.143. The molecule has 0 spiro atoms. The third-order valence-corrected chi connectivity index (χ3v) is 2.08. The first-order valence-electron chi connectivity index (χ1n) is 3.36. The Balaban J connectivity index is 2.45. The molecule has 1 heterocycles. The van der Waals surface area contributed by atoms with Crippen LogP contribution < -0.4 is 0 Å². The Morgan fingerprint density at radius 1 is 1.62 bits per heavy atom. The number of hydrogen-bond acceptors (Lipinski definition) is 4. The first-order chi connectivity index (χ1) is 6.01. The third-order valence-electron chi connectivity index (χ3n) is 2.08. The molecule has 8 heteroatoms. The lowest BCUT2D eigenvalue weighted by Crippen LogP contribution is -2.28. The number of halogens is 2. The lowest BCUT2D eigenvalue weighted by Gasteiger charge is -2.04. The fraction of sp³-hybridized carbons (Fsp3) is 0.600. The van der Waals surface area contributed by atoms with Crippen LogP contribution in [-0.2, 0) is 10.2 Å². The quantitative estimate of drug-likeness (QED) is 0.659. The number of hydrogen-bond donors (Lipinski definition) is 2. The Morgan fingerprint density at radius 3 is 2.54 bits per heavy atom. The summed E-state index contributed by atoms with van der Waals surface area (Å²) in [7, 11) is 0. The highest BCUT2D eigenvalue weighted by molar-refractivity contribution is 5.86. The van der Waals surface area contributed by atoms with E-state index in [0.717, 1.165) is 0 Å². The Labute approximate surface area is 69.9 Å². The van der Waals surface area contributed by atoms with Crippen LogP contribution in [0, 0.1) is 0 Å². The highest BCUT2D eigenvalue weighted by Gasteiger charge is 2.80. The van der Waals surface area contributed by atoms with Crippen molar-refractivity contribution in [2.45, 2.75) is 17.8 Å². The van der Waals surface area contributed by atoms with Crippen LogP contribution in [0.25, 0.3) is 0 Å². The van der Waals surface area contributed by atoms with Crippen molar-refractivity contribution in [2.75, 3.05) is 0 Å². The van der Waals surface area contributed by atoms with Crippen LogP contribution in [0.2, 0.25) is 0 Å². The van der Waals surface area contributed by atoms with Gasteiger partial charge in [-0.3, -0.25) is 4.79 Å². The van der Waals surface area contributed by atoms with E-state index in [1.54, 1.807) is 0 Å². The second-order valence-electron chi connectivity index (χ2n) is 2.83. The number of aliphatic carboxylic acids is 1. The van der Waals surface area contributed by atoms with E-state index >= 15 is 0 Å². The summed E-state index contributed by atoms with van der Waals surface area (Å²) in [6, 6.07) is 0. The topological polar surface area (TPSA) is 91.8 Å². The molecule has 1 aromatic rings. The van der Waals surface area contributed by atoms with E-state index in [2.05, 4.69) is 15.4 Å². The van der Waals surface area contributed by atoms with Crippen molar-refractivity contribution >= 4 is 5.97 Å². The van der Waals surface area contributed by atoms with Gasteiger partial charge in [-0.2, -0.15) is 5.21 Å². The van der Waals surface area contributed by atoms with E-state index in [1.807, 2.05) is 5.21 Å². The SMILES string of the molecule is O=C(O)C1(c2nn[nH]n2)CC1(F)F. The molecule has 1 saturated carbocycles. The Kier molecular flexibility index (Phi) is 1.24.